The van der Waals surface area contributed by atoms with Crippen LogP contribution in [-0.4, -0.2) is 45.1 Å². The molecule has 0 aromatic heterocycles. The Balaban J connectivity index is 1.77. The molecule has 1 aliphatic heterocycles. The number of benzene rings is 2. The molecule has 2 N–H and O–H groups in total. The van der Waals surface area contributed by atoms with Crippen molar-refractivity contribution in [3.8, 4) is 0 Å². The first-order valence-corrected chi connectivity index (χ1v) is 10.7. The summed E-state index contributed by atoms with van der Waals surface area (Å²) in [4.78, 5) is 12.4. The molecular formula is C18H19Cl2N3O4S. The summed E-state index contributed by atoms with van der Waals surface area (Å²) >= 11 is 11.8. The predicted molar refractivity (Wildman–Crippen MR) is 110 cm³/mol. The first-order valence-electron chi connectivity index (χ1n) is 8.49. The number of morpholine rings is 1. The number of hydrogen-bond acceptors (Lipinski definition) is 4. The van der Waals surface area contributed by atoms with Gasteiger partial charge in [0.25, 0.3) is 0 Å². The van der Waals surface area contributed by atoms with Crippen LogP contribution in [0.25, 0.3) is 0 Å². The van der Waals surface area contributed by atoms with E-state index in [1.165, 1.54) is 16.4 Å². The van der Waals surface area contributed by atoms with Gasteiger partial charge < -0.3 is 15.4 Å². The van der Waals surface area contributed by atoms with Gasteiger partial charge in [-0.25, -0.2) is 13.2 Å². The van der Waals surface area contributed by atoms with Crippen molar-refractivity contribution in [2.75, 3.05) is 36.9 Å². The lowest BCUT2D eigenvalue weighted by molar-refractivity contribution is 0.0730. The van der Waals surface area contributed by atoms with E-state index in [0.29, 0.717) is 53.3 Å². The summed E-state index contributed by atoms with van der Waals surface area (Å²) < 4.78 is 32.5. The maximum atomic E-state index is 12.9. The van der Waals surface area contributed by atoms with E-state index in [-0.39, 0.29) is 4.90 Å². The third-order valence-corrected chi connectivity index (χ3v) is 6.99. The van der Waals surface area contributed by atoms with E-state index >= 15 is 0 Å². The summed E-state index contributed by atoms with van der Waals surface area (Å²) in [5.41, 5.74) is 1.41. The molecule has 2 aromatic carbocycles. The van der Waals surface area contributed by atoms with Gasteiger partial charge in [0, 0.05) is 24.5 Å². The minimum Gasteiger partial charge on any atom is -0.379 e. The summed E-state index contributed by atoms with van der Waals surface area (Å²) in [6.07, 6.45) is 0. The number of rotatable bonds is 4. The minimum atomic E-state index is -3.67. The highest BCUT2D eigenvalue weighted by Gasteiger charge is 2.28. The SMILES string of the molecule is Cc1ccc(NC(=O)Nc2ccc(Cl)c(Cl)c2)cc1S(=O)(=O)N1CCOCC1. The maximum Gasteiger partial charge on any atom is 0.323 e. The minimum absolute atomic E-state index is 0.154. The van der Waals surface area contributed by atoms with Gasteiger partial charge in [0.15, 0.2) is 0 Å². The predicted octanol–water partition coefficient (Wildman–Crippen LogP) is 3.97. The molecule has 10 heteroatoms. The molecule has 1 fully saturated rings. The number of halogens is 2. The Bertz CT molecular complexity index is 992. The van der Waals surface area contributed by atoms with Crippen LogP contribution in [0.4, 0.5) is 16.2 Å². The van der Waals surface area contributed by atoms with E-state index in [1.807, 2.05) is 0 Å². The van der Waals surface area contributed by atoms with Gasteiger partial charge in [0.1, 0.15) is 0 Å². The Kier molecular flexibility index (Phi) is 6.47. The van der Waals surface area contributed by atoms with Gasteiger partial charge in [-0.3, -0.25) is 0 Å². The lowest BCUT2D eigenvalue weighted by Crippen LogP contribution is -2.40. The van der Waals surface area contributed by atoms with E-state index in [4.69, 9.17) is 27.9 Å². The van der Waals surface area contributed by atoms with Gasteiger partial charge >= 0.3 is 6.03 Å². The van der Waals surface area contributed by atoms with Crippen LogP contribution in [-0.2, 0) is 14.8 Å². The van der Waals surface area contributed by atoms with Crippen LogP contribution in [0.3, 0.4) is 0 Å². The second kappa shape index (κ2) is 8.67. The van der Waals surface area contributed by atoms with Gasteiger partial charge in [-0.1, -0.05) is 29.3 Å². The highest BCUT2D eigenvalue weighted by atomic mass is 35.5. The Morgan fingerprint density at radius 3 is 2.25 bits per heavy atom. The molecule has 1 saturated heterocycles. The number of hydrogen-bond donors (Lipinski definition) is 2. The van der Waals surface area contributed by atoms with E-state index in [1.54, 1.807) is 31.2 Å². The van der Waals surface area contributed by atoms with Crippen molar-refractivity contribution in [2.45, 2.75) is 11.8 Å². The van der Waals surface area contributed by atoms with Crippen molar-refractivity contribution in [1.82, 2.24) is 4.31 Å². The van der Waals surface area contributed by atoms with Crippen LogP contribution in [0, 0.1) is 6.92 Å². The third kappa shape index (κ3) is 4.76. The molecule has 0 radical (unpaired) electrons. The summed E-state index contributed by atoms with van der Waals surface area (Å²) in [7, 11) is -3.67. The standard InChI is InChI=1S/C18H19Cl2N3O4S/c1-12-2-3-14(11-17(12)28(25,26)23-6-8-27-9-7-23)22-18(24)21-13-4-5-15(19)16(20)10-13/h2-5,10-11H,6-9H2,1H3,(H2,21,22,24). The summed E-state index contributed by atoms with van der Waals surface area (Å²) in [5, 5.41) is 5.95. The maximum absolute atomic E-state index is 12.9. The highest BCUT2D eigenvalue weighted by Crippen LogP contribution is 2.26. The third-order valence-electron chi connectivity index (χ3n) is 4.21. The van der Waals surface area contributed by atoms with Crippen molar-refractivity contribution >= 4 is 50.6 Å². The summed E-state index contributed by atoms with van der Waals surface area (Å²) in [6, 6.07) is 8.92. The van der Waals surface area contributed by atoms with E-state index < -0.39 is 16.1 Å². The summed E-state index contributed by atoms with van der Waals surface area (Å²) in [5.74, 6) is 0. The zero-order valence-corrected chi connectivity index (χ0v) is 17.4. The van der Waals surface area contributed by atoms with Crippen LogP contribution in [0.5, 0.6) is 0 Å². The number of nitrogens with one attached hydrogen (secondary N) is 2. The van der Waals surface area contributed by atoms with Gasteiger partial charge in [0.2, 0.25) is 10.0 Å². The molecule has 3 rings (SSSR count). The molecule has 0 saturated carbocycles. The second-order valence-corrected chi connectivity index (χ2v) is 8.93. The van der Waals surface area contributed by atoms with Crippen molar-refractivity contribution in [2.24, 2.45) is 0 Å². The number of aryl methyl sites for hydroxylation is 1. The first-order chi connectivity index (χ1) is 13.3. The van der Waals surface area contributed by atoms with Crippen LogP contribution in [0.1, 0.15) is 5.56 Å². The van der Waals surface area contributed by atoms with Crippen LogP contribution in [0.15, 0.2) is 41.3 Å². The Morgan fingerprint density at radius 1 is 1.00 bits per heavy atom. The average molecular weight is 444 g/mol. The number of amides is 2. The molecule has 1 aliphatic rings. The largest absolute Gasteiger partial charge is 0.379 e. The highest BCUT2D eigenvalue weighted by molar-refractivity contribution is 7.89. The zero-order valence-electron chi connectivity index (χ0n) is 15.0. The fourth-order valence-electron chi connectivity index (χ4n) is 2.75. The first kappa shape index (κ1) is 20.9. The van der Waals surface area contributed by atoms with Crippen molar-refractivity contribution in [3.63, 3.8) is 0 Å². The monoisotopic (exact) mass is 443 g/mol. The quantitative estimate of drug-likeness (QED) is 0.747. The van der Waals surface area contributed by atoms with Gasteiger partial charge in [-0.05, 0) is 42.8 Å². The topological polar surface area (TPSA) is 87.7 Å². The van der Waals surface area contributed by atoms with Crippen LogP contribution < -0.4 is 10.6 Å². The fourth-order valence-corrected chi connectivity index (χ4v) is 4.71. The second-order valence-electron chi connectivity index (χ2n) is 6.20. The summed E-state index contributed by atoms with van der Waals surface area (Å²) in [6.45, 7) is 3.05. The van der Waals surface area contributed by atoms with Crippen LogP contribution in [0.2, 0.25) is 10.0 Å². The molecular weight excluding hydrogens is 425 g/mol. The molecule has 150 valence electrons. The Morgan fingerprint density at radius 2 is 1.61 bits per heavy atom. The number of anilines is 2. The lowest BCUT2D eigenvalue weighted by atomic mass is 10.2. The van der Waals surface area contributed by atoms with E-state index in [0.717, 1.165) is 0 Å². The molecule has 0 bridgehead atoms. The zero-order chi connectivity index (χ0) is 20.3. The molecule has 0 spiro atoms. The number of ether oxygens (including phenoxy) is 1. The Hall–Kier alpha value is -1.84. The van der Waals surface area contributed by atoms with Crippen molar-refractivity contribution in [1.29, 1.82) is 0 Å². The van der Waals surface area contributed by atoms with E-state index in [9.17, 15) is 13.2 Å². The number of carbonyl (C=O) groups excluding carboxylic acids is 1. The van der Waals surface area contributed by atoms with Gasteiger partial charge in [-0.2, -0.15) is 4.31 Å². The van der Waals surface area contributed by atoms with Gasteiger partial charge in [-0.15, -0.1) is 0 Å². The molecule has 7 nitrogen and oxygen atoms in total. The number of carbonyl (C=O) groups is 1. The normalized spacial score (nSPS) is 15.2. The average Bonchev–Trinajstić information content (AvgIpc) is 2.67. The number of nitrogens with zero attached hydrogens (tertiary/aromatic N) is 1. The van der Waals surface area contributed by atoms with E-state index in [2.05, 4.69) is 10.6 Å². The Labute approximate surface area is 173 Å². The number of urea groups is 1. The number of sulfonamides is 1. The molecule has 0 atom stereocenters. The molecule has 0 unspecified atom stereocenters. The van der Waals surface area contributed by atoms with Gasteiger partial charge in [0.05, 0.1) is 28.2 Å². The molecule has 2 aromatic rings. The van der Waals surface area contributed by atoms with Crippen molar-refractivity contribution in [3.05, 3.63) is 52.0 Å². The van der Waals surface area contributed by atoms with Crippen molar-refractivity contribution < 1.29 is 17.9 Å². The van der Waals surface area contributed by atoms with Crippen LogP contribution >= 0.6 is 23.2 Å². The molecule has 1 heterocycles. The molecule has 0 aliphatic carbocycles. The molecule has 28 heavy (non-hydrogen) atoms. The molecule has 2 amide bonds. The smallest absolute Gasteiger partial charge is 0.323 e. The lowest BCUT2D eigenvalue weighted by Gasteiger charge is -2.26. The fraction of sp³-hybridized carbons (Fsp3) is 0.278.